The van der Waals surface area contributed by atoms with E-state index in [1.54, 1.807) is 20.3 Å². The van der Waals surface area contributed by atoms with Gasteiger partial charge in [0.15, 0.2) is 5.79 Å². The Balaban J connectivity index is 3.98. The summed E-state index contributed by atoms with van der Waals surface area (Å²) in [7, 11) is 3.21. The third kappa shape index (κ3) is 1.80. The van der Waals surface area contributed by atoms with Gasteiger partial charge >= 0.3 is 0 Å². The maximum Gasteiger partial charge on any atom is 0.186 e. The molecule has 0 aliphatic heterocycles. The first kappa shape index (κ1) is 8.66. The SMILES string of the molecule is C=CC(CC)(OC)OC. The fourth-order valence-electron chi connectivity index (χ4n) is 0.683. The number of hydrogen-bond donors (Lipinski definition) is 0. The lowest BCUT2D eigenvalue weighted by molar-refractivity contribution is -0.171. The lowest BCUT2D eigenvalue weighted by atomic mass is 10.2. The Hall–Kier alpha value is -0.340. The third-order valence-electron chi connectivity index (χ3n) is 1.49. The molecule has 0 aromatic carbocycles. The van der Waals surface area contributed by atoms with Crippen LogP contribution in [0.2, 0.25) is 0 Å². The zero-order valence-corrected chi connectivity index (χ0v) is 6.31. The van der Waals surface area contributed by atoms with Crippen molar-refractivity contribution in [3.8, 4) is 0 Å². The van der Waals surface area contributed by atoms with Gasteiger partial charge < -0.3 is 9.47 Å². The highest BCUT2D eigenvalue weighted by Gasteiger charge is 2.21. The molecule has 0 spiro atoms. The van der Waals surface area contributed by atoms with Crippen LogP contribution in [0, 0.1) is 0 Å². The van der Waals surface area contributed by atoms with Gasteiger partial charge in [-0.1, -0.05) is 13.5 Å². The van der Waals surface area contributed by atoms with Crippen LogP contribution in [0.1, 0.15) is 13.3 Å². The highest BCUT2D eigenvalue weighted by atomic mass is 16.7. The predicted octanol–water partition coefficient (Wildman–Crippen LogP) is 1.57. The summed E-state index contributed by atoms with van der Waals surface area (Å²) in [6, 6.07) is 0. The Kier molecular flexibility index (Phi) is 3.50. The smallest absolute Gasteiger partial charge is 0.186 e. The average molecular weight is 130 g/mol. The van der Waals surface area contributed by atoms with Crippen molar-refractivity contribution in [3.05, 3.63) is 12.7 Å². The number of hydrogen-bond acceptors (Lipinski definition) is 2. The standard InChI is InChI=1S/C7H14O2/c1-5-7(6-2,8-3)9-4/h5H,1,6H2,2-4H3. The minimum Gasteiger partial charge on any atom is -0.350 e. The largest absolute Gasteiger partial charge is 0.350 e. The molecule has 0 unspecified atom stereocenters. The molecule has 0 radical (unpaired) electrons. The van der Waals surface area contributed by atoms with Crippen LogP contribution in [0.5, 0.6) is 0 Å². The maximum atomic E-state index is 5.05. The van der Waals surface area contributed by atoms with Gasteiger partial charge in [0.1, 0.15) is 0 Å². The highest BCUT2D eigenvalue weighted by molar-refractivity contribution is 4.87. The molecule has 0 amide bonds. The van der Waals surface area contributed by atoms with Crippen molar-refractivity contribution in [2.75, 3.05) is 14.2 Å². The molecular weight excluding hydrogens is 116 g/mol. The van der Waals surface area contributed by atoms with Crippen molar-refractivity contribution in [3.63, 3.8) is 0 Å². The summed E-state index contributed by atoms with van der Waals surface area (Å²) >= 11 is 0. The number of methoxy groups -OCH3 is 2. The molecule has 9 heavy (non-hydrogen) atoms. The van der Waals surface area contributed by atoms with Gasteiger partial charge in [-0.15, -0.1) is 0 Å². The van der Waals surface area contributed by atoms with Gasteiger partial charge in [-0.05, 0) is 6.08 Å². The molecule has 0 rings (SSSR count). The maximum absolute atomic E-state index is 5.05. The second-order valence-corrected chi connectivity index (χ2v) is 1.78. The Morgan fingerprint density at radius 1 is 1.44 bits per heavy atom. The lowest BCUT2D eigenvalue weighted by Crippen LogP contribution is -2.29. The summed E-state index contributed by atoms with van der Waals surface area (Å²) in [6.07, 6.45) is 2.44. The van der Waals surface area contributed by atoms with Gasteiger partial charge in [0.25, 0.3) is 0 Å². The van der Waals surface area contributed by atoms with E-state index in [2.05, 4.69) is 6.58 Å². The summed E-state index contributed by atoms with van der Waals surface area (Å²) in [5.41, 5.74) is 0. The summed E-state index contributed by atoms with van der Waals surface area (Å²) in [5.74, 6) is -0.569. The highest BCUT2D eigenvalue weighted by Crippen LogP contribution is 2.15. The summed E-state index contributed by atoms with van der Waals surface area (Å²) in [6.45, 7) is 5.58. The molecular formula is C7H14O2. The van der Waals surface area contributed by atoms with Gasteiger partial charge in [-0.2, -0.15) is 0 Å². The second kappa shape index (κ2) is 3.64. The average Bonchev–Trinajstić information content (AvgIpc) is 1.95. The zero-order valence-electron chi connectivity index (χ0n) is 6.31. The Morgan fingerprint density at radius 2 is 1.89 bits per heavy atom. The lowest BCUT2D eigenvalue weighted by Gasteiger charge is -2.25. The van der Waals surface area contributed by atoms with E-state index in [1.807, 2.05) is 6.92 Å². The van der Waals surface area contributed by atoms with Crippen LogP contribution < -0.4 is 0 Å². The Bertz CT molecular complexity index is 76.7. The summed E-state index contributed by atoms with van der Waals surface area (Å²) < 4.78 is 10.1. The van der Waals surface area contributed by atoms with E-state index in [4.69, 9.17) is 9.47 Å². The fraction of sp³-hybridized carbons (Fsp3) is 0.714. The van der Waals surface area contributed by atoms with Gasteiger partial charge in [0.2, 0.25) is 0 Å². The van der Waals surface area contributed by atoms with Crippen LogP contribution in [-0.4, -0.2) is 20.0 Å². The molecule has 0 aromatic heterocycles. The van der Waals surface area contributed by atoms with Crippen molar-refractivity contribution >= 4 is 0 Å². The fourth-order valence-corrected chi connectivity index (χ4v) is 0.683. The molecule has 2 heteroatoms. The summed E-state index contributed by atoms with van der Waals surface area (Å²) in [4.78, 5) is 0. The minimum atomic E-state index is -0.569. The van der Waals surface area contributed by atoms with Crippen molar-refractivity contribution in [2.45, 2.75) is 19.1 Å². The number of rotatable bonds is 4. The molecule has 2 nitrogen and oxygen atoms in total. The first-order valence-corrected chi connectivity index (χ1v) is 2.98. The molecule has 54 valence electrons. The van der Waals surface area contributed by atoms with E-state index >= 15 is 0 Å². The van der Waals surface area contributed by atoms with Crippen molar-refractivity contribution in [2.24, 2.45) is 0 Å². The normalized spacial score (nSPS) is 11.4. The van der Waals surface area contributed by atoms with Crippen LogP contribution in [0.4, 0.5) is 0 Å². The van der Waals surface area contributed by atoms with Crippen molar-refractivity contribution < 1.29 is 9.47 Å². The molecule has 0 aliphatic rings. The first-order valence-electron chi connectivity index (χ1n) is 2.98. The topological polar surface area (TPSA) is 18.5 Å². The van der Waals surface area contributed by atoms with E-state index < -0.39 is 5.79 Å². The second-order valence-electron chi connectivity index (χ2n) is 1.78. The molecule has 0 saturated heterocycles. The van der Waals surface area contributed by atoms with Crippen LogP contribution in [0.15, 0.2) is 12.7 Å². The molecule has 0 atom stereocenters. The predicted molar refractivity (Wildman–Crippen MR) is 37.2 cm³/mol. The Morgan fingerprint density at radius 3 is 1.89 bits per heavy atom. The van der Waals surface area contributed by atoms with Gasteiger partial charge in [-0.25, -0.2) is 0 Å². The van der Waals surface area contributed by atoms with E-state index in [0.717, 1.165) is 6.42 Å². The van der Waals surface area contributed by atoms with Crippen molar-refractivity contribution in [1.29, 1.82) is 0 Å². The van der Waals surface area contributed by atoms with E-state index in [9.17, 15) is 0 Å². The van der Waals surface area contributed by atoms with Gasteiger partial charge in [0.05, 0.1) is 0 Å². The molecule has 0 saturated carbocycles. The molecule has 0 bridgehead atoms. The molecule has 0 N–H and O–H groups in total. The van der Waals surface area contributed by atoms with Crippen LogP contribution >= 0.6 is 0 Å². The van der Waals surface area contributed by atoms with Gasteiger partial charge in [-0.3, -0.25) is 0 Å². The molecule has 0 aromatic rings. The monoisotopic (exact) mass is 130 g/mol. The molecule has 0 heterocycles. The van der Waals surface area contributed by atoms with Crippen molar-refractivity contribution in [1.82, 2.24) is 0 Å². The van der Waals surface area contributed by atoms with Crippen LogP contribution in [0.25, 0.3) is 0 Å². The van der Waals surface area contributed by atoms with E-state index in [0.29, 0.717) is 0 Å². The molecule has 0 fully saturated rings. The van der Waals surface area contributed by atoms with Gasteiger partial charge in [0, 0.05) is 20.6 Å². The quantitative estimate of drug-likeness (QED) is 0.425. The van der Waals surface area contributed by atoms with Crippen LogP contribution in [-0.2, 0) is 9.47 Å². The van der Waals surface area contributed by atoms with E-state index in [1.165, 1.54) is 0 Å². The summed E-state index contributed by atoms with van der Waals surface area (Å²) in [5, 5.41) is 0. The Labute approximate surface area is 56.5 Å². The zero-order chi connectivity index (χ0) is 7.33. The number of ether oxygens (including phenoxy) is 2. The van der Waals surface area contributed by atoms with E-state index in [-0.39, 0.29) is 0 Å². The first-order chi connectivity index (χ1) is 4.24. The van der Waals surface area contributed by atoms with Crippen LogP contribution in [0.3, 0.4) is 0 Å². The molecule has 0 aliphatic carbocycles. The third-order valence-corrected chi connectivity index (χ3v) is 1.49. The minimum absolute atomic E-state index is 0.569.